The van der Waals surface area contributed by atoms with Gasteiger partial charge in [-0.15, -0.1) is 0 Å². The number of piperidine rings is 1. The molecule has 39 heavy (non-hydrogen) atoms. The molecule has 9 heteroatoms. The van der Waals surface area contributed by atoms with Gasteiger partial charge in [0, 0.05) is 51.9 Å². The molecule has 0 aromatic heterocycles. The van der Waals surface area contributed by atoms with Crippen molar-refractivity contribution in [3.8, 4) is 11.5 Å². The number of likely N-dealkylation sites (tertiary alicyclic amines) is 1. The van der Waals surface area contributed by atoms with Gasteiger partial charge in [0.25, 0.3) is 0 Å². The van der Waals surface area contributed by atoms with Gasteiger partial charge in [-0.05, 0) is 66.9 Å². The Hall–Kier alpha value is -2.77. The van der Waals surface area contributed by atoms with Gasteiger partial charge in [0.05, 0.1) is 12.5 Å². The molecule has 0 saturated carbocycles. The van der Waals surface area contributed by atoms with Crippen LogP contribution in [0.15, 0.2) is 60.7 Å². The lowest BCUT2D eigenvalue weighted by Gasteiger charge is -2.32. The lowest BCUT2D eigenvalue weighted by atomic mass is 9.87. The van der Waals surface area contributed by atoms with Crippen LogP contribution in [0.4, 0.5) is 0 Å². The summed E-state index contributed by atoms with van der Waals surface area (Å²) in [6.45, 7) is 6.51. The molecule has 206 valence electrons. The van der Waals surface area contributed by atoms with Crippen molar-refractivity contribution in [1.82, 2.24) is 15.5 Å². The molecule has 0 aliphatic carbocycles. The summed E-state index contributed by atoms with van der Waals surface area (Å²) in [6, 6.07) is 18.3. The van der Waals surface area contributed by atoms with Gasteiger partial charge >= 0.3 is 0 Å². The number of carbonyl (C=O) groups excluding carboxylic acids is 2. The summed E-state index contributed by atoms with van der Waals surface area (Å²) in [5.74, 6) is -0.124. The standard InChI is InChI=1S/C28H26Cl3N3O3.C2H6/c29-18-3-1-17(2-4-18)16-34-11-9-21(10-12-34)33-26(35)15-32-28(36)27-22-13-19(30)5-7-24(22)37-25-8-6-20(31)14-23(25)27;1-2/h1-8,13-14,21,27H,9-12,15-16H2,(H,32,36)(H,33,35);1-2H3. The SMILES string of the molecule is CC.O=C(CNC(=O)C1c2cc(Cl)ccc2Oc2ccc(Cl)cc21)NC1CCN(Cc2ccc(Cl)cc2)CC1. The smallest absolute Gasteiger partial charge is 0.239 e. The molecule has 0 radical (unpaired) electrons. The molecule has 2 aliphatic heterocycles. The Labute approximate surface area is 244 Å². The molecule has 0 unspecified atom stereocenters. The predicted molar refractivity (Wildman–Crippen MR) is 157 cm³/mol. The summed E-state index contributed by atoms with van der Waals surface area (Å²) in [5.41, 5.74) is 2.48. The van der Waals surface area contributed by atoms with Gasteiger partial charge < -0.3 is 15.4 Å². The van der Waals surface area contributed by atoms with E-state index in [0.29, 0.717) is 32.7 Å². The number of hydrogen-bond acceptors (Lipinski definition) is 4. The minimum absolute atomic E-state index is 0.0769. The van der Waals surface area contributed by atoms with E-state index in [2.05, 4.69) is 15.5 Å². The average molecular weight is 589 g/mol. The molecule has 0 spiro atoms. The molecule has 1 fully saturated rings. The van der Waals surface area contributed by atoms with Crippen LogP contribution in [0.25, 0.3) is 0 Å². The molecule has 2 amide bonds. The molecule has 1 saturated heterocycles. The van der Waals surface area contributed by atoms with Crippen LogP contribution in [0.5, 0.6) is 11.5 Å². The Balaban J connectivity index is 0.00000172. The normalized spacial score (nSPS) is 15.2. The highest BCUT2D eigenvalue weighted by Gasteiger charge is 2.33. The van der Waals surface area contributed by atoms with E-state index >= 15 is 0 Å². The van der Waals surface area contributed by atoms with Crippen LogP contribution in [-0.4, -0.2) is 42.4 Å². The van der Waals surface area contributed by atoms with Gasteiger partial charge in [0.2, 0.25) is 11.8 Å². The van der Waals surface area contributed by atoms with E-state index in [0.717, 1.165) is 37.5 Å². The third-order valence-corrected chi connectivity index (χ3v) is 7.47. The fourth-order valence-corrected chi connectivity index (χ4v) is 5.36. The number of fused-ring (bicyclic) bond motifs is 2. The molecule has 6 nitrogen and oxygen atoms in total. The van der Waals surface area contributed by atoms with Crippen molar-refractivity contribution in [2.24, 2.45) is 0 Å². The van der Waals surface area contributed by atoms with E-state index in [1.54, 1.807) is 36.4 Å². The molecular formula is C30H32Cl3N3O3. The average Bonchev–Trinajstić information content (AvgIpc) is 2.94. The fraction of sp³-hybridized carbons (Fsp3) is 0.333. The maximum absolute atomic E-state index is 13.3. The van der Waals surface area contributed by atoms with Crippen molar-refractivity contribution in [3.63, 3.8) is 0 Å². The zero-order valence-corrected chi connectivity index (χ0v) is 24.2. The van der Waals surface area contributed by atoms with Crippen molar-refractivity contribution < 1.29 is 14.3 Å². The molecule has 5 rings (SSSR count). The second kappa shape index (κ2) is 13.5. The Morgan fingerprint density at radius 3 is 1.95 bits per heavy atom. The van der Waals surface area contributed by atoms with E-state index in [1.165, 1.54) is 5.56 Å². The van der Waals surface area contributed by atoms with Gasteiger partial charge in [0.15, 0.2) is 0 Å². The largest absolute Gasteiger partial charge is 0.457 e. The molecule has 2 aliphatic rings. The number of nitrogens with zero attached hydrogens (tertiary/aromatic N) is 1. The monoisotopic (exact) mass is 587 g/mol. The van der Waals surface area contributed by atoms with Crippen molar-refractivity contribution in [2.75, 3.05) is 19.6 Å². The lowest BCUT2D eigenvalue weighted by molar-refractivity contribution is -0.127. The minimum atomic E-state index is -0.694. The summed E-state index contributed by atoms with van der Waals surface area (Å²) in [7, 11) is 0. The van der Waals surface area contributed by atoms with Gasteiger partial charge in [-0.1, -0.05) is 60.8 Å². The molecular weight excluding hydrogens is 557 g/mol. The van der Waals surface area contributed by atoms with Gasteiger partial charge in [-0.3, -0.25) is 14.5 Å². The van der Waals surface area contributed by atoms with Gasteiger partial charge in [-0.2, -0.15) is 0 Å². The molecule has 3 aromatic carbocycles. The number of ether oxygens (including phenoxy) is 1. The Morgan fingerprint density at radius 1 is 0.846 bits per heavy atom. The third-order valence-electron chi connectivity index (χ3n) is 6.74. The molecule has 0 atom stereocenters. The van der Waals surface area contributed by atoms with Crippen LogP contribution in [-0.2, 0) is 16.1 Å². The van der Waals surface area contributed by atoms with Crippen LogP contribution in [0, 0.1) is 0 Å². The summed E-state index contributed by atoms with van der Waals surface area (Å²) >= 11 is 18.4. The van der Waals surface area contributed by atoms with Crippen molar-refractivity contribution >= 4 is 46.6 Å². The quantitative estimate of drug-likeness (QED) is 0.332. The summed E-state index contributed by atoms with van der Waals surface area (Å²) in [5, 5.41) is 7.57. The lowest BCUT2D eigenvalue weighted by Crippen LogP contribution is -2.47. The summed E-state index contributed by atoms with van der Waals surface area (Å²) in [6.07, 6.45) is 1.70. The number of amides is 2. The first kappa shape index (κ1) is 29.2. The van der Waals surface area contributed by atoms with E-state index < -0.39 is 5.92 Å². The maximum Gasteiger partial charge on any atom is 0.239 e. The third kappa shape index (κ3) is 7.46. The molecule has 3 aromatic rings. The second-order valence-corrected chi connectivity index (χ2v) is 10.7. The van der Waals surface area contributed by atoms with Crippen molar-refractivity contribution in [3.05, 3.63) is 92.4 Å². The van der Waals surface area contributed by atoms with Gasteiger partial charge in [-0.25, -0.2) is 0 Å². The van der Waals surface area contributed by atoms with Crippen molar-refractivity contribution in [2.45, 2.75) is 45.2 Å². The van der Waals surface area contributed by atoms with Crippen LogP contribution in [0.3, 0.4) is 0 Å². The summed E-state index contributed by atoms with van der Waals surface area (Å²) in [4.78, 5) is 28.4. The van der Waals surface area contributed by atoms with E-state index in [4.69, 9.17) is 39.5 Å². The summed E-state index contributed by atoms with van der Waals surface area (Å²) < 4.78 is 5.96. The highest BCUT2D eigenvalue weighted by molar-refractivity contribution is 6.31. The van der Waals surface area contributed by atoms with E-state index in [9.17, 15) is 9.59 Å². The number of halogens is 3. The highest BCUT2D eigenvalue weighted by Crippen LogP contribution is 2.45. The van der Waals surface area contributed by atoms with Crippen LogP contribution < -0.4 is 15.4 Å². The Kier molecular flexibility index (Phi) is 10.1. The highest BCUT2D eigenvalue weighted by atomic mass is 35.5. The number of carbonyl (C=O) groups is 2. The number of rotatable bonds is 6. The van der Waals surface area contributed by atoms with Crippen LogP contribution >= 0.6 is 34.8 Å². The zero-order chi connectivity index (χ0) is 27.9. The van der Waals surface area contributed by atoms with Crippen molar-refractivity contribution in [1.29, 1.82) is 0 Å². The first-order chi connectivity index (χ1) is 18.9. The first-order valence-corrected chi connectivity index (χ1v) is 14.3. The van der Waals surface area contributed by atoms with Gasteiger partial charge in [0.1, 0.15) is 11.5 Å². The molecule has 0 bridgehead atoms. The number of hydrogen-bond donors (Lipinski definition) is 2. The minimum Gasteiger partial charge on any atom is -0.457 e. The molecule has 2 N–H and O–H groups in total. The molecule has 2 heterocycles. The maximum atomic E-state index is 13.3. The van der Waals surface area contributed by atoms with Crippen LogP contribution in [0.2, 0.25) is 15.1 Å². The van der Waals surface area contributed by atoms with E-state index in [1.807, 2.05) is 38.1 Å². The predicted octanol–water partition coefficient (Wildman–Crippen LogP) is 6.81. The first-order valence-electron chi connectivity index (χ1n) is 13.2. The number of benzene rings is 3. The topological polar surface area (TPSA) is 70.7 Å². The fourth-order valence-electron chi connectivity index (χ4n) is 4.88. The Bertz CT molecular complexity index is 1260. The Morgan fingerprint density at radius 2 is 1.38 bits per heavy atom. The zero-order valence-electron chi connectivity index (χ0n) is 22.0. The van der Waals surface area contributed by atoms with Crippen LogP contribution in [0.1, 0.15) is 49.3 Å². The second-order valence-electron chi connectivity index (χ2n) is 9.36. The van der Waals surface area contributed by atoms with E-state index in [-0.39, 0.29) is 24.4 Å². The number of nitrogens with one attached hydrogen (secondary N) is 2.